The molecule has 0 spiro atoms. The molecule has 7 heteroatoms. The van der Waals surface area contributed by atoms with Gasteiger partial charge in [0.25, 0.3) is 5.91 Å². The summed E-state index contributed by atoms with van der Waals surface area (Å²) in [6, 6.07) is 3.71. The molecule has 0 bridgehead atoms. The van der Waals surface area contributed by atoms with Gasteiger partial charge in [-0.1, -0.05) is 6.42 Å². The fourth-order valence-corrected chi connectivity index (χ4v) is 3.93. The SMILES string of the molecule is Cc1cc(O[C@@H](C)C(=O)NCCCCCC(=O)[O-])c2c3c(c(=O)oc2c1)CCCC3. The number of amides is 1. The van der Waals surface area contributed by atoms with Crippen molar-refractivity contribution in [3.05, 3.63) is 39.2 Å². The number of fused-ring (bicyclic) bond motifs is 3. The summed E-state index contributed by atoms with van der Waals surface area (Å²) in [6.07, 6.45) is 4.72. The fourth-order valence-electron chi connectivity index (χ4n) is 3.93. The Hall–Kier alpha value is -2.83. The van der Waals surface area contributed by atoms with E-state index in [9.17, 15) is 19.5 Å². The number of unbranched alkanes of at least 4 members (excludes halogenated alkanes) is 2. The van der Waals surface area contributed by atoms with E-state index in [2.05, 4.69) is 5.32 Å². The first kappa shape index (κ1) is 21.9. The summed E-state index contributed by atoms with van der Waals surface area (Å²) in [4.78, 5) is 35.2. The molecule has 1 N–H and O–H groups in total. The zero-order valence-corrected chi connectivity index (χ0v) is 17.5. The predicted octanol–water partition coefficient (Wildman–Crippen LogP) is 2.17. The maximum atomic E-state index is 12.4. The summed E-state index contributed by atoms with van der Waals surface area (Å²) in [5.74, 6) is -0.733. The monoisotopic (exact) mass is 414 g/mol. The molecular formula is C23H28NO6-. The first-order chi connectivity index (χ1) is 14.4. The molecule has 1 aliphatic carbocycles. The Morgan fingerprint density at radius 3 is 2.63 bits per heavy atom. The van der Waals surface area contributed by atoms with Gasteiger partial charge in [0.15, 0.2) is 6.10 Å². The average Bonchev–Trinajstić information content (AvgIpc) is 2.69. The number of carbonyl (C=O) groups is 2. The van der Waals surface area contributed by atoms with Crippen LogP contribution in [-0.2, 0) is 22.4 Å². The molecule has 1 aromatic heterocycles. The van der Waals surface area contributed by atoms with E-state index in [4.69, 9.17) is 9.15 Å². The molecule has 0 aliphatic heterocycles. The number of benzene rings is 1. The van der Waals surface area contributed by atoms with Gasteiger partial charge in [0.1, 0.15) is 11.3 Å². The number of aryl methyl sites for hydroxylation is 2. The van der Waals surface area contributed by atoms with E-state index in [1.165, 1.54) is 0 Å². The lowest BCUT2D eigenvalue weighted by Gasteiger charge is -2.21. The van der Waals surface area contributed by atoms with Crippen molar-refractivity contribution in [3.8, 4) is 5.75 Å². The van der Waals surface area contributed by atoms with Crippen LogP contribution < -0.4 is 20.8 Å². The minimum absolute atomic E-state index is 0.0361. The highest BCUT2D eigenvalue weighted by molar-refractivity contribution is 5.89. The van der Waals surface area contributed by atoms with E-state index in [0.717, 1.165) is 41.3 Å². The quantitative estimate of drug-likeness (QED) is 0.498. The lowest BCUT2D eigenvalue weighted by molar-refractivity contribution is -0.305. The number of hydrogen-bond donors (Lipinski definition) is 1. The molecule has 1 heterocycles. The van der Waals surface area contributed by atoms with Crippen molar-refractivity contribution in [2.24, 2.45) is 0 Å². The third-order valence-corrected chi connectivity index (χ3v) is 5.46. The normalized spacial score (nSPS) is 14.2. The number of carboxylic acids is 1. The molecule has 0 saturated heterocycles. The van der Waals surface area contributed by atoms with Crippen molar-refractivity contribution >= 4 is 22.8 Å². The molecule has 1 aliphatic rings. The average molecular weight is 414 g/mol. The van der Waals surface area contributed by atoms with Crippen LogP contribution >= 0.6 is 0 Å². The van der Waals surface area contributed by atoms with Gasteiger partial charge in [0, 0.05) is 18.1 Å². The zero-order valence-electron chi connectivity index (χ0n) is 17.5. The van der Waals surface area contributed by atoms with E-state index in [0.29, 0.717) is 43.6 Å². The zero-order chi connectivity index (χ0) is 21.7. The highest BCUT2D eigenvalue weighted by atomic mass is 16.5. The molecule has 1 amide bonds. The fraction of sp³-hybridized carbons (Fsp3) is 0.522. The second-order valence-electron chi connectivity index (χ2n) is 7.92. The van der Waals surface area contributed by atoms with Crippen molar-refractivity contribution < 1.29 is 23.8 Å². The largest absolute Gasteiger partial charge is 0.550 e. The van der Waals surface area contributed by atoms with Crippen LogP contribution in [0.2, 0.25) is 0 Å². The smallest absolute Gasteiger partial charge is 0.339 e. The first-order valence-corrected chi connectivity index (χ1v) is 10.6. The van der Waals surface area contributed by atoms with Crippen LogP contribution in [0.4, 0.5) is 0 Å². The van der Waals surface area contributed by atoms with Crippen molar-refractivity contribution in [2.45, 2.75) is 71.3 Å². The van der Waals surface area contributed by atoms with Gasteiger partial charge in [-0.2, -0.15) is 0 Å². The summed E-state index contributed by atoms with van der Waals surface area (Å²) in [7, 11) is 0. The highest BCUT2D eigenvalue weighted by Crippen LogP contribution is 2.35. The van der Waals surface area contributed by atoms with E-state index < -0.39 is 12.1 Å². The molecule has 0 radical (unpaired) electrons. The third-order valence-electron chi connectivity index (χ3n) is 5.46. The van der Waals surface area contributed by atoms with Crippen molar-refractivity contribution in [2.75, 3.05) is 6.54 Å². The van der Waals surface area contributed by atoms with Crippen LogP contribution in [-0.4, -0.2) is 24.5 Å². The Morgan fingerprint density at radius 1 is 1.17 bits per heavy atom. The lowest BCUT2D eigenvalue weighted by Crippen LogP contribution is -2.37. The van der Waals surface area contributed by atoms with Crippen molar-refractivity contribution in [1.29, 1.82) is 0 Å². The van der Waals surface area contributed by atoms with E-state index in [1.807, 2.05) is 19.1 Å². The molecule has 7 nitrogen and oxygen atoms in total. The van der Waals surface area contributed by atoms with Gasteiger partial charge in [-0.05, 0) is 82.1 Å². The molecule has 1 atom stereocenters. The standard InChI is InChI=1S/C23H29NO6/c1-14-12-18(29-15(2)22(27)24-11-7-3-4-10-20(25)26)21-16-8-5-6-9-17(16)23(28)30-19(21)13-14/h12-13,15H,3-11H2,1-2H3,(H,24,27)(H,25,26)/p-1/t15-/m0/s1. The summed E-state index contributed by atoms with van der Waals surface area (Å²) >= 11 is 0. The van der Waals surface area contributed by atoms with Crippen molar-refractivity contribution in [1.82, 2.24) is 5.32 Å². The molecular weight excluding hydrogens is 386 g/mol. The third kappa shape index (κ3) is 5.20. The topological polar surface area (TPSA) is 109 Å². The highest BCUT2D eigenvalue weighted by Gasteiger charge is 2.23. The lowest BCUT2D eigenvalue weighted by atomic mass is 9.90. The Morgan fingerprint density at radius 2 is 1.90 bits per heavy atom. The first-order valence-electron chi connectivity index (χ1n) is 10.6. The van der Waals surface area contributed by atoms with Crippen LogP contribution in [0.5, 0.6) is 5.75 Å². The van der Waals surface area contributed by atoms with Gasteiger partial charge in [0.05, 0.1) is 5.39 Å². The van der Waals surface area contributed by atoms with Crippen LogP contribution in [0.1, 0.15) is 62.1 Å². The minimum Gasteiger partial charge on any atom is -0.550 e. The maximum Gasteiger partial charge on any atom is 0.339 e. The molecule has 2 aromatic rings. The number of ether oxygens (including phenoxy) is 1. The Bertz CT molecular complexity index is 993. The predicted molar refractivity (Wildman–Crippen MR) is 110 cm³/mol. The Kier molecular flexibility index (Phi) is 7.13. The van der Waals surface area contributed by atoms with Crippen LogP contribution in [0.15, 0.2) is 21.3 Å². The van der Waals surface area contributed by atoms with Crippen LogP contribution in [0, 0.1) is 6.92 Å². The van der Waals surface area contributed by atoms with Gasteiger partial charge in [0.2, 0.25) is 0 Å². The number of carboxylic acid groups (broad SMARTS) is 1. The molecule has 0 fully saturated rings. The Balaban J connectivity index is 1.71. The molecule has 0 unspecified atom stereocenters. The number of rotatable bonds is 9. The molecule has 162 valence electrons. The minimum atomic E-state index is -1.05. The van der Waals surface area contributed by atoms with Gasteiger partial charge in [-0.25, -0.2) is 4.79 Å². The van der Waals surface area contributed by atoms with Crippen LogP contribution in [0.3, 0.4) is 0 Å². The maximum absolute atomic E-state index is 12.4. The summed E-state index contributed by atoms with van der Waals surface area (Å²) in [5, 5.41) is 14.0. The number of nitrogens with one attached hydrogen (secondary N) is 1. The Labute approximate surface area is 175 Å². The van der Waals surface area contributed by atoms with Gasteiger partial charge in [-0.3, -0.25) is 4.79 Å². The molecule has 1 aromatic carbocycles. The number of carbonyl (C=O) groups excluding carboxylic acids is 2. The van der Waals surface area contributed by atoms with Gasteiger partial charge < -0.3 is 24.4 Å². The molecule has 0 saturated carbocycles. The van der Waals surface area contributed by atoms with Gasteiger partial charge in [-0.15, -0.1) is 0 Å². The number of aliphatic carboxylic acids is 1. The van der Waals surface area contributed by atoms with Crippen LogP contribution in [0.25, 0.3) is 11.0 Å². The van der Waals surface area contributed by atoms with Crippen molar-refractivity contribution in [3.63, 3.8) is 0 Å². The second-order valence-corrected chi connectivity index (χ2v) is 7.92. The molecule has 30 heavy (non-hydrogen) atoms. The van der Waals surface area contributed by atoms with Gasteiger partial charge >= 0.3 is 5.63 Å². The summed E-state index contributed by atoms with van der Waals surface area (Å²) < 4.78 is 11.6. The molecule has 3 rings (SSSR count). The van der Waals surface area contributed by atoms with E-state index >= 15 is 0 Å². The summed E-state index contributed by atoms with van der Waals surface area (Å²) in [5.41, 5.74) is 2.80. The second kappa shape index (κ2) is 9.78. The van der Waals surface area contributed by atoms with E-state index in [-0.39, 0.29) is 18.0 Å². The number of hydrogen-bond acceptors (Lipinski definition) is 6. The van der Waals surface area contributed by atoms with E-state index in [1.54, 1.807) is 6.92 Å². The summed E-state index contributed by atoms with van der Waals surface area (Å²) in [6.45, 7) is 4.03.